The number of fused-ring (bicyclic) bond motifs is 1. The van der Waals surface area contributed by atoms with Gasteiger partial charge in [0.25, 0.3) is 0 Å². The summed E-state index contributed by atoms with van der Waals surface area (Å²) in [6, 6.07) is 6.76. The Labute approximate surface area is 116 Å². The molecule has 0 unspecified atom stereocenters. The monoisotopic (exact) mass is 277 g/mol. The summed E-state index contributed by atoms with van der Waals surface area (Å²) in [6.07, 6.45) is 6.98. The number of anilines is 1. The fraction of sp³-hybridized carbons (Fsp3) is 0.385. The van der Waals surface area contributed by atoms with Gasteiger partial charge in [0.2, 0.25) is 0 Å². The highest BCUT2D eigenvalue weighted by Crippen LogP contribution is 2.22. The lowest BCUT2D eigenvalue weighted by Gasteiger charge is -2.15. The first kappa shape index (κ1) is 11.9. The summed E-state index contributed by atoms with van der Waals surface area (Å²) < 4.78 is 5.37. The lowest BCUT2D eigenvalue weighted by atomic mass is 10.2. The number of aromatic nitrogens is 1. The molecule has 1 aliphatic carbocycles. The average Bonchev–Trinajstić information content (AvgIpc) is 2.98. The molecule has 1 aromatic heterocycles. The van der Waals surface area contributed by atoms with Gasteiger partial charge in [-0.25, -0.2) is 0 Å². The second-order valence-corrected chi connectivity index (χ2v) is 5.90. The van der Waals surface area contributed by atoms with Gasteiger partial charge < -0.3 is 10.6 Å². The van der Waals surface area contributed by atoms with Crippen molar-refractivity contribution in [3.63, 3.8) is 0 Å². The maximum Gasteiger partial charge on any atom is 0.170 e. The minimum Gasteiger partial charge on any atom is -0.360 e. The first-order valence-electron chi connectivity index (χ1n) is 6.23. The molecule has 94 valence electrons. The third-order valence-corrected chi connectivity index (χ3v) is 4.30. The maximum atomic E-state index is 5.34. The quantitative estimate of drug-likeness (QED) is 0.824. The maximum absolute atomic E-state index is 5.34. The highest BCUT2D eigenvalue weighted by atomic mass is 32.1. The zero-order valence-electron chi connectivity index (χ0n) is 9.98. The Bertz CT molecular complexity index is 558. The van der Waals surface area contributed by atoms with Gasteiger partial charge in [0.1, 0.15) is 0 Å². The van der Waals surface area contributed by atoms with E-state index in [1.165, 1.54) is 41.9 Å². The molecule has 0 bridgehead atoms. The SMILES string of the molecule is S=C(Nc1ccc2sncc2c1)NC1CCCC1. The lowest BCUT2D eigenvalue weighted by Crippen LogP contribution is -2.35. The Morgan fingerprint density at radius 3 is 3.00 bits per heavy atom. The van der Waals surface area contributed by atoms with Gasteiger partial charge in [0.15, 0.2) is 5.11 Å². The molecule has 0 spiro atoms. The molecule has 0 aliphatic heterocycles. The van der Waals surface area contributed by atoms with Crippen LogP contribution in [0.25, 0.3) is 10.1 Å². The van der Waals surface area contributed by atoms with Crippen molar-refractivity contribution in [1.29, 1.82) is 0 Å². The fourth-order valence-electron chi connectivity index (χ4n) is 2.37. The van der Waals surface area contributed by atoms with Crippen molar-refractivity contribution in [1.82, 2.24) is 9.69 Å². The number of hydrogen-bond acceptors (Lipinski definition) is 3. The number of thiocarbonyl (C=S) groups is 1. The molecule has 2 aromatic rings. The topological polar surface area (TPSA) is 37.0 Å². The average molecular weight is 277 g/mol. The van der Waals surface area contributed by atoms with Crippen LogP contribution in [0.15, 0.2) is 24.4 Å². The van der Waals surface area contributed by atoms with Gasteiger partial charge >= 0.3 is 0 Å². The Hall–Kier alpha value is -1.20. The largest absolute Gasteiger partial charge is 0.360 e. The van der Waals surface area contributed by atoms with Crippen molar-refractivity contribution >= 4 is 44.6 Å². The third-order valence-electron chi connectivity index (χ3n) is 3.30. The molecule has 0 atom stereocenters. The summed E-state index contributed by atoms with van der Waals surface area (Å²) in [7, 11) is 0. The zero-order valence-corrected chi connectivity index (χ0v) is 11.6. The molecule has 1 aliphatic rings. The summed E-state index contributed by atoms with van der Waals surface area (Å²) >= 11 is 6.85. The minimum atomic E-state index is 0.552. The van der Waals surface area contributed by atoms with Crippen molar-refractivity contribution in [2.45, 2.75) is 31.7 Å². The summed E-state index contributed by atoms with van der Waals surface area (Å²) in [4.78, 5) is 0. The predicted molar refractivity (Wildman–Crippen MR) is 81.2 cm³/mol. The number of hydrogen-bond donors (Lipinski definition) is 2. The number of nitrogens with zero attached hydrogens (tertiary/aromatic N) is 1. The van der Waals surface area contributed by atoms with Crippen LogP contribution in [0.5, 0.6) is 0 Å². The van der Waals surface area contributed by atoms with Crippen molar-refractivity contribution in [3.05, 3.63) is 24.4 Å². The van der Waals surface area contributed by atoms with Crippen LogP contribution in [0.2, 0.25) is 0 Å². The van der Waals surface area contributed by atoms with E-state index < -0.39 is 0 Å². The van der Waals surface area contributed by atoms with Crippen LogP contribution in [0.1, 0.15) is 25.7 Å². The summed E-state index contributed by atoms with van der Waals surface area (Å²) in [5.41, 5.74) is 1.03. The Morgan fingerprint density at radius 2 is 2.17 bits per heavy atom. The normalized spacial score (nSPS) is 16.0. The van der Waals surface area contributed by atoms with Gasteiger partial charge in [-0.1, -0.05) is 12.8 Å². The van der Waals surface area contributed by atoms with Crippen LogP contribution in [-0.2, 0) is 0 Å². The van der Waals surface area contributed by atoms with Gasteiger partial charge in [-0.2, -0.15) is 4.37 Å². The van der Waals surface area contributed by atoms with Gasteiger partial charge in [0.05, 0.1) is 4.70 Å². The van der Waals surface area contributed by atoms with Gasteiger partial charge in [-0.3, -0.25) is 0 Å². The van der Waals surface area contributed by atoms with E-state index >= 15 is 0 Å². The molecule has 1 saturated carbocycles. The standard InChI is InChI=1S/C13H15N3S2/c17-13(15-10-3-1-2-4-10)16-11-5-6-12-9(7-11)8-14-18-12/h5-8,10H,1-4H2,(H2,15,16,17). The number of nitrogens with one attached hydrogen (secondary N) is 2. The third kappa shape index (κ3) is 2.62. The molecule has 2 N–H and O–H groups in total. The predicted octanol–water partition coefficient (Wildman–Crippen LogP) is 3.53. The van der Waals surface area contributed by atoms with Crippen LogP contribution in [0.3, 0.4) is 0 Å². The molecular weight excluding hydrogens is 262 g/mol. The molecule has 5 heteroatoms. The molecular formula is C13H15N3S2. The van der Waals surface area contributed by atoms with Crippen molar-refractivity contribution in [2.24, 2.45) is 0 Å². The molecule has 0 amide bonds. The van der Waals surface area contributed by atoms with Gasteiger partial charge in [0, 0.05) is 23.3 Å². The Balaban J connectivity index is 1.65. The van der Waals surface area contributed by atoms with Crippen LogP contribution in [-0.4, -0.2) is 15.5 Å². The van der Waals surface area contributed by atoms with Gasteiger partial charge in [-0.05, 0) is 54.8 Å². The van der Waals surface area contributed by atoms with E-state index in [2.05, 4.69) is 27.1 Å². The van der Waals surface area contributed by atoms with Crippen LogP contribution in [0.4, 0.5) is 5.69 Å². The van der Waals surface area contributed by atoms with Crippen molar-refractivity contribution in [3.8, 4) is 0 Å². The van der Waals surface area contributed by atoms with E-state index in [4.69, 9.17) is 12.2 Å². The van der Waals surface area contributed by atoms with E-state index in [0.717, 1.165) is 16.2 Å². The van der Waals surface area contributed by atoms with E-state index in [0.29, 0.717) is 6.04 Å². The van der Waals surface area contributed by atoms with Crippen molar-refractivity contribution in [2.75, 3.05) is 5.32 Å². The lowest BCUT2D eigenvalue weighted by molar-refractivity contribution is 0.634. The van der Waals surface area contributed by atoms with Crippen LogP contribution in [0, 0.1) is 0 Å². The molecule has 1 fully saturated rings. The molecule has 1 heterocycles. The molecule has 1 aromatic carbocycles. The first-order chi connectivity index (χ1) is 8.81. The highest BCUT2D eigenvalue weighted by molar-refractivity contribution is 7.80. The summed E-state index contributed by atoms with van der Waals surface area (Å²) in [5, 5.41) is 8.51. The van der Waals surface area contributed by atoms with Gasteiger partial charge in [-0.15, -0.1) is 0 Å². The Morgan fingerprint density at radius 1 is 1.33 bits per heavy atom. The van der Waals surface area contributed by atoms with Crippen LogP contribution >= 0.6 is 23.8 Å². The molecule has 0 radical (unpaired) electrons. The number of benzene rings is 1. The smallest absolute Gasteiger partial charge is 0.170 e. The summed E-state index contributed by atoms with van der Waals surface area (Å²) in [6.45, 7) is 0. The first-order valence-corrected chi connectivity index (χ1v) is 7.41. The second kappa shape index (κ2) is 5.20. The summed E-state index contributed by atoms with van der Waals surface area (Å²) in [5.74, 6) is 0. The van der Waals surface area contributed by atoms with Crippen LogP contribution < -0.4 is 10.6 Å². The Kier molecular flexibility index (Phi) is 3.43. The number of rotatable bonds is 2. The van der Waals surface area contributed by atoms with E-state index in [-0.39, 0.29) is 0 Å². The fourth-order valence-corrected chi connectivity index (χ4v) is 3.28. The molecule has 18 heavy (non-hydrogen) atoms. The molecule has 0 saturated heterocycles. The molecule has 3 rings (SSSR count). The van der Waals surface area contributed by atoms with E-state index in [9.17, 15) is 0 Å². The van der Waals surface area contributed by atoms with E-state index in [1.807, 2.05) is 12.3 Å². The van der Waals surface area contributed by atoms with Crippen molar-refractivity contribution < 1.29 is 0 Å². The van der Waals surface area contributed by atoms with E-state index in [1.54, 1.807) is 0 Å². The highest BCUT2D eigenvalue weighted by Gasteiger charge is 2.15. The molecule has 3 nitrogen and oxygen atoms in total. The zero-order chi connectivity index (χ0) is 12.4. The second-order valence-electron chi connectivity index (χ2n) is 4.66. The minimum absolute atomic E-state index is 0.552.